The van der Waals surface area contributed by atoms with Gasteiger partial charge in [-0.1, -0.05) is 17.7 Å². The van der Waals surface area contributed by atoms with Gasteiger partial charge in [-0.05, 0) is 31.9 Å². The number of nitrogens with zero attached hydrogens (tertiary/aromatic N) is 5. The average Bonchev–Trinajstić information content (AvgIpc) is 3.48. The summed E-state index contributed by atoms with van der Waals surface area (Å²) in [5.74, 6) is -0.984. The van der Waals surface area contributed by atoms with Crippen molar-refractivity contribution in [1.82, 2.24) is 20.3 Å². The minimum atomic E-state index is -0.941. The van der Waals surface area contributed by atoms with Crippen molar-refractivity contribution < 1.29 is 23.8 Å². The highest BCUT2D eigenvalue weighted by Gasteiger charge is 2.38. The number of thiazole rings is 1. The number of allylic oxidation sites excluding steroid dienone is 1. The van der Waals surface area contributed by atoms with Crippen molar-refractivity contribution in [2.45, 2.75) is 32.2 Å². The SMILES string of the molecule is CCOC(=O)C1=C(C2CCN(c3ncc(CC(=O)O)cn3)CC2)NC(c2nccs2)=NC1c1ccc(F)cc1Cl. The standard InChI is InChI=1S/C27H26ClFN6O4S/c1-2-39-26(38)21-22(16-5-8-35(9-6-16)27-31-13-15(14-32-27)11-20(36)37)33-24(25-30-7-10-40-25)34-23(21)18-4-3-17(29)12-19(18)28/h3-4,7,10,12-14,16,23H,2,5-6,8-9,11H2,1H3,(H,33,34)(H,36,37). The predicted molar refractivity (Wildman–Crippen MR) is 148 cm³/mol. The van der Waals surface area contributed by atoms with Crippen molar-refractivity contribution in [3.63, 3.8) is 0 Å². The van der Waals surface area contributed by atoms with E-state index in [1.54, 1.807) is 19.2 Å². The van der Waals surface area contributed by atoms with Crippen LogP contribution in [0.1, 0.15) is 41.9 Å². The summed E-state index contributed by atoms with van der Waals surface area (Å²) in [7, 11) is 0. The van der Waals surface area contributed by atoms with E-state index >= 15 is 0 Å². The van der Waals surface area contributed by atoms with Gasteiger partial charge in [0.05, 0.1) is 18.6 Å². The molecule has 13 heteroatoms. The van der Waals surface area contributed by atoms with E-state index in [0.29, 0.717) is 65.1 Å². The molecule has 3 aromatic rings. The van der Waals surface area contributed by atoms with Gasteiger partial charge in [0.15, 0.2) is 10.8 Å². The van der Waals surface area contributed by atoms with E-state index in [-0.39, 0.29) is 24.0 Å². The van der Waals surface area contributed by atoms with Gasteiger partial charge in [0.2, 0.25) is 5.95 Å². The monoisotopic (exact) mass is 584 g/mol. The van der Waals surface area contributed by atoms with Gasteiger partial charge in [0, 0.05) is 64.8 Å². The second-order valence-corrected chi connectivity index (χ2v) is 10.6. The van der Waals surface area contributed by atoms with Gasteiger partial charge in [-0.15, -0.1) is 11.3 Å². The molecule has 2 aromatic heterocycles. The van der Waals surface area contributed by atoms with Crippen LogP contribution < -0.4 is 10.2 Å². The lowest BCUT2D eigenvalue weighted by Gasteiger charge is -2.36. The lowest BCUT2D eigenvalue weighted by Crippen LogP contribution is -2.42. The minimum absolute atomic E-state index is 0.0610. The first-order chi connectivity index (χ1) is 19.3. The molecule has 1 aromatic carbocycles. The van der Waals surface area contributed by atoms with Crippen LogP contribution in [0.25, 0.3) is 0 Å². The Kier molecular flexibility index (Phi) is 8.36. The summed E-state index contributed by atoms with van der Waals surface area (Å²) in [6.07, 6.45) is 5.93. The van der Waals surface area contributed by atoms with Crippen molar-refractivity contribution in [3.8, 4) is 0 Å². The zero-order valence-corrected chi connectivity index (χ0v) is 23.1. The van der Waals surface area contributed by atoms with Crippen LogP contribution >= 0.6 is 22.9 Å². The van der Waals surface area contributed by atoms with Gasteiger partial charge >= 0.3 is 11.9 Å². The normalized spacial score (nSPS) is 17.8. The molecule has 2 aliphatic rings. The molecule has 1 unspecified atom stereocenters. The number of carbonyl (C=O) groups is 2. The lowest BCUT2D eigenvalue weighted by atomic mass is 9.85. The van der Waals surface area contributed by atoms with E-state index in [4.69, 9.17) is 26.4 Å². The summed E-state index contributed by atoms with van der Waals surface area (Å²) < 4.78 is 19.4. The number of carbonyl (C=O) groups excluding carboxylic acids is 1. The number of piperidine rings is 1. The smallest absolute Gasteiger partial charge is 0.338 e. The number of rotatable bonds is 8. The fraction of sp³-hybridized carbons (Fsp3) is 0.333. The number of anilines is 1. The summed E-state index contributed by atoms with van der Waals surface area (Å²) in [5.41, 5.74) is 2.04. The van der Waals surface area contributed by atoms with E-state index in [1.165, 1.54) is 35.9 Å². The summed E-state index contributed by atoms with van der Waals surface area (Å²) >= 11 is 7.88. The first kappa shape index (κ1) is 27.7. The van der Waals surface area contributed by atoms with Gasteiger partial charge in [0.1, 0.15) is 11.9 Å². The first-order valence-corrected chi connectivity index (χ1v) is 14.0. The Hall–Kier alpha value is -3.90. The molecule has 2 N–H and O–H groups in total. The number of halogens is 2. The van der Waals surface area contributed by atoms with E-state index in [0.717, 1.165) is 0 Å². The summed E-state index contributed by atoms with van der Waals surface area (Å²) in [6, 6.07) is 3.23. The highest BCUT2D eigenvalue weighted by Crippen LogP contribution is 2.40. The number of nitrogens with one attached hydrogen (secondary N) is 1. The third-order valence-electron chi connectivity index (χ3n) is 6.70. The predicted octanol–water partition coefficient (Wildman–Crippen LogP) is 4.18. The number of carboxylic acids is 1. The third-order valence-corrected chi connectivity index (χ3v) is 7.80. The summed E-state index contributed by atoms with van der Waals surface area (Å²) in [4.78, 5) is 44.3. The van der Waals surface area contributed by atoms with E-state index in [9.17, 15) is 14.0 Å². The van der Waals surface area contributed by atoms with E-state index < -0.39 is 23.8 Å². The van der Waals surface area contributed by atoms with Crippen LogP contribution in [-0.4, -0.2) is 57.5 Å². The van der Waals surface area contributed by atoms with Crippen molar-refractivity contribution in [2.24, 2.45) is 10.9 Å². The molecule has 0 saturated carbocycles. The molecule has 40 heavy (non-hydrogen) atoms. The summed E-state index contributed by atoms with van der Waals surface area (Å²) in [5, 5.41) is 15.0. The Morgan fingerprint density at radius 2 is 1.98 bits per heavy atom. The molecule has 4 heterocycles. The maximum Gasteiger partial charge on any atom is 0.338 e. The summed E-state index contributed by atoms with van der Waals surface area (Å²) in [6.45, 7) is 3.13. The molecule has 0 radical (unpaired) electrons. The molecule has 0 amide bonds. The maximum atomic E-state index is 13.9. The zero-order valence-electron chi connectivity index (χ0n) is 21.5. The molecule has 0 aliphatic carbocycles. The minimum Gasteiger partial charge on any atom is -0.481 e. The molecule has 5 rings (SSSR count). The van der Waals surface area contributed by atoms with Crippen molar-refractivity contribution >= 4 is 46.7 Å². The van der Waals surface area contributed by atoms with Crippen molar-refractivity contribution in [3.05, 3.63) is 80.4 Å². The van der Waals surface area contributed by atoms with Crippen LogP contribution in [0.2, 0.25) is 5.02 Å². The van der Waals surface area contributed by atoms with Crippen LogP contribution in [0.3, 0.4) is 0 Å². The highest BCUT2D eigenvalue weighted by molar-refractivity contribution is 7.11. The highest BCUT2D eigenvalue weighted by atomic mass is 35.5. The molecular formula is C27H26ClFN6O4S. The van der Waals surface area contributed by atoms with Gasteiger partial charge in [0.25, 0.3) is 0 Å². The lowest BCUT2D eigenvalue weighted by molar-refractivity contribution is -0.139. The molecule has 0 spiro atoms. The Morgan fingerprint density at radius 3 is 2.60 bits per heavy atom. The van der Waals surface area contributed by atoms with Gasteiger partial charge < -0.3 is 20.1 Å². The quantitative estimate of drug-likeness (QED) is 0.374. The van der Waals surface area contributed by atoms with Crippen molar-refractivity contribution in [2.75, 3.05) is 24.6 Å². The zero-order chi connectivity index (χ0) is 28.2. The molecule has 1 atom stereocenters. The number of ether oxygens (including phenoxy) is 1. The molecule has 0 bridgehead atoms. The van der Waals surface area contributed by atoms with Crippen LogP contribution in [-0.2, 0) is 20.7 Å². The Labute approximate surface area is 238 Å². The Balaban J connectivity index is 1.47. The average molecular weight is 585 g/mol. The number of benzene rings is 1. The van der Waals surface area contributed by atoms with E-state index in [2.05, 4.69) is 20.3 Å². The van der Waals surface area contributed by atoms with Gasteiger partial charge in [-0.2, -0.15) is 0 Å². The van der Waals surface area contributed by atoms with E-state index in [1.807, 2.05) is 10.3 Å². The molecule has 208 valence electrons. The van der Waals surface area contributed by atoms with Crippen LogP contribution in [0.15, 0.2) is 58.4 Å². The number of hydrogen-bond acceptors (Lipinski definition) is 10. The molecule has 10 nitrogen and oxygen atoms in total. The fourth-order valence-electron chi connectivity index (χ4n) is 4.86. The number of aliphatic carboxylic acids is 1. The second kappa shape index (κ2) is 12.1. The molecule has 1 saturated heterocycles. The second-order valence-electron chi connectivity index (χ2n) is 9.28. The van der Waals surface area contributed by atoms with Gasteiger partial charge in [-0.3, -0.25) is 9.79 Å². The maximum absolute atomic E-state index is 13.9. The number of amidine groups is 1. The topological polar surface area (TPSA) is 130 Å². The Morgan fingerprint density at radius 1 is 1.23 bits per heavy atom. The molecule has 1 fully saturated rings. The molecule has 2 aliphatic heterocycles. The number of carboxylic acid groups (broad SMARTS) is 1. The van der Waals surface area contributed by atoms with Crippen molar-refractivity contribution in [1.29, 1.82) is 0 Å². The largest absolute Gasteiger partial charge is 0.481 e. The first-order valence-electron chi connectivity index (χ1n) is 12.7. The molecular weight excluding hydrogens is 559 g/mol. The van der Waals surface area contributed by atoms with Crippen LogP contribution in [0.5, 0.6) is 0 Å². The third kappa shape index (κ3) is 5.97. The van der Waals surface area contributed by atoms with Crippen LogP contribution in [0.4, 0.5) is 10.3 Å². The Bertz CT molecular complexity index is 1460. The number of aliphatic imine (C=N–C) groups is 1. The van der Waals surface area contributed by atoms with Crippen LogP contribution in [0, 0.1) is 11.7 Å². The number of aromatic nitrogens is 3. The number of hydrogen-bond donors (Lipinski definition) is 2. The van der Waals surface area contributed by atoms with Gasteiger partial charge in [-0.25, -0.2) is 24.1 Å². The number of esters is 1. The fourth-order valence-corrected chi connectivity index (χ4v) is 5.72.